The van der Waals surface area contributed by atoms with Crippen molar-refractivity contribution >= 4 is 23.2 Å². The first-order valence-electron chi connectivity index (χ1n) is 12.3. The van der Waals surface area contributed by atoms with Crippen molar-refractivity contribution in [2.75, 3.05) is 24.2 Å². The molecule has 2 amide bonds. The Kier molecular flexibility index (Phi) is 5.85. The van der Waals surface area contributed by atoms with Gasteiger partial charge in [0.1, 0.15) is 23.0 Å². The van der Waals surface area contributed by atoms with Gasteiger partial charge in [0.15, 0.2) is 6.10 Å². The quantitative estimate of drug-likeness (QED) is 0.340. The highest BCUT2D eigenvalue weighted by Gasteiger charge is 2.72. The number of benzene rings is 4. The van der Waals surface area contributed by atoms with Crippen LogP contribution in [0, 0.1) is 0 Å². The number of imide groups is 1. The third-order valence-electron chi connectivity index (χ3n) is 7.32. The maximum absolute atomic E-state index is 14.7. The molecule has 0 radical (unpaired) electrons. The molecular weight excluding hydrogens is 480 g/mol. The summed E-state index contributed by atoms with van der Waals surface area (Å²) >= 11 is 0. The van der Waals surface area contributed by atoms with Crippen LogP contribution in [0.1, 0.15) is 17.2 Å². The van der Waals surface area contributed by atoms with Gasteiger partial charge in [-0.3, -0.25) is 14.4 Å². The first-order chi connectivity index (χ1) is 18.6. The molecule has 6 rings (SSSR count). The molecule has 0 spiro atoms. The predicted molar refractivity (Wildman–Crippen MR) is 143 cm³/mol. The number of nitrogens with zero attached hydrogens (tertiary/aromatic N) is 2. The van der Waals surface area contributed by atoms with Crippen molar-refractivity contribution in [1.29, 1.82) is 0 Å². The Bertz CT molecular complexity index is 1460. The van der Waals surface area contributed by atoms with Crippen molar-refractivity contribution in [3.63, 3.8) is 0 Å². The van der Waals surface area contributed by atoms with Crippen LogP contribution in [0.2, 0.25) is 0 Å². The Morgan fingerprint density at radius 2 is 1.24 bits per heavy atom. The van der Waals surface area contributed by atoms with Gasteiger partial charge in [-0.05, 0) is 59.7 Å². The second-order valence-corrected chi connectivity index (χ2v) is 9.23. The van der Waals surface area contributed by atoms with Gasteiger partial charge < -0.3 is 9.47 Å². The van der Waals surface area contributed by atoms with E-state index in [0.29, 0.717) is 22.7 Å². The molecule has 3 atom stereocenters. The van der Waals surface area contributed by atoms with Crippen molar-refractivity contribution in [2.45, 2.75) is 17.6 Å². The van der Waals surface area contributed by atoms with Gasteiger partial charge in [0.2, 0.25) is 5.91 Å². The summed E-state index contributed by atoms with van der Waals surface area (Å²) in [5.41, 5.74) is 1.39. The van der Waals surface area contributed by atoms with Crippen molar-refractivity contribution < 1.29 is 23.9 Å². The van der Waals surface area contributed by atoms with Crippen LogP contribution in [0.5, 0.6) is 11.5 Å². The molecule has 7 nitrogen and oxygen atoms in total. The summed E-state index contributed by atoms with van der Waals surface area (Å²) < 4.78 is 10.7. The number of hydrogen-bond acceptors (Lipinski definition) is 6. The Labute approximate surface area is 220 Å². The van der Waals surface area contributed by atoms with Gasteiger partial charge in [-0.2, -0.15) is 0 Å². The van der Waals surface area contributed by atoms with E-state index >= 15 is 0 Å². The van der Waals surface area contributed by atoms with Gasteiger partial charge >= 0.3 is 0 Å². The van der Waals surface area contributed by atoms with E-state index in [4.69, 9.17) is 14.3 Å². The molecule has 0 aliphatic carbocycles. The molecule has 2 heterocycles. The van der Waals surface area contributed by atoms with E-state index in [2.05, 4.69) is 0 Å². The molecular formula is C31H26N2O5. The van der Waals surface area contributed by atoms with Crippen molar-refractivity contribution in [3.8, 4) is 11.5 Å². The molecule has 4 aromatic rings. The molecule has 0 saturated carbocycles. The molecule has 0 bridgehead atoms. The van der Waals surface area contributed by atoms with E-state index in [-0.39, 0.29) is 5.91 Å². The molecule has 38 heavy (non-hydrogen) atoms. The van der Waals surface area contributed by atoms with Crippen LogP contribution in [0.15, 0.2) is 109 Å². The van der Waals surface area contributed by atoms with Gasteiger partial charge in [-0.25, -0.2) is 9.96 Å². The van der Waals surface area contributed by atoms with Gasteiger partial charge in [-0.1, -0.05) is 60.7 Å². The zero-order chi connectivity index (χ0) is 26.3. The van der Waals surface area contributed by atoms with Crippen molar-refractivity contribution in [1.82, 2.24) is 0 Å². The summed E-state index contributed by atoms with van der Waals surface area (Å²) in [7, 11) is 3.18. The number of methoxy groups -OCH3 is 2. The van der Waals surface area contributed by atoms with Gasteiger partial charge in [-0.15, -0.1) is 0 Å². The first-order valence-corrected chi connectivity index (χ1v) is 12.3. The third kappa shape index (κ3) is 3.47. The van der Waals surface area contributed by atoms with Crippen molar-refractivity contribution in [3.05, 3.63) is 120 Å². The SMILES string of the molecule is COc1ccc([C@@H]2N(c3ccccc3)O[C@@H]3C(=O)N(c4ccc(OC)cc4)C(=O)[C@@]32c2ccccc2)cc1. The summed E-state index contributed by atoms with van der Waals surface area (Å²) in [6.45, 7) is 0. The highest BCUT2D eigenvalue weighted by atomic mass is 16.7. The van der Waals surface area contributed by atoms with Crippen LogP contribution >= 0.6 is 0 Å². The van der Waals surface area contributed by atoms with E-state index in [9.17, 15) is 9.59 Å². The number of carbonyl (C=O) groups is 2. The molecule has 2 aliphatic heterocycles. The minimum atomic E-state index is -1.34. The number of amides is 2. The van der Waals surface area contributed by atoms with Gasteiger partial charge in [0.25, 0.3) is 5.91 Å². The number of rotatable bonds is 6. The molecule has 0 unspecified atom stereocenters. The van der Waals surface area contributed by atoms with Crippen molar-refractivity contribution in [2.24, 2.45) is 0 Å². The fourth-order valence-corrected chi connectivity index (χ4v) is 5.55. The monoisotopic (exact) mass is 506 g/mol. The lowest BCUT2D eigenvalue weighted by atomic mass is 9.69. The summed E-state index contributed by atoms with van der Waals surface area (Å²) in [5.74, 6) is 0.565. The number of fused-ring (bicyclic) bond motifs is 1. The standard InChI is InChI=1S/C31H26N2O5/c1-36-25-17-13-21(14-18-25)27-31(22-9-5-3-6-10-22)28(38-33(27)24-11-7-4-8-12-24)29(34)32(30(31)35)23-15-19-26(37-2)20-16-23/h3-20,27-28H,1-2H3/t27-,28+,31+/m0/s1. The average Bonchev–Trinajstić information content (AvgIpc) is 3.45. The molecule has 4 aromatic carbocycles. The number of para-hydroxylation sites is 1. The van der Waals surface area contributed by atoms with Gasteiger partial charge in [0.05, 0.1) is 25.6 Å². The van der Waals surface area contributed by atoms with Crippen LogP contribution in [-0.2, 0) is 19.8 Å². The largest absolute Gasteiger partial charge is 0.497 e. The smallest absolute Gasteiger partial charge is 0.267 e. The fourth-order valence-electron chi connectivity index (χ4n) is 5.55. The lowest BCUT2D eigenvalue weighted by Crippen LogP contribution is -2.46. The topological polar surface area (TPSA) is 68.3 Å². The Morgan fingerprint density at radius 3 is 1.82 bits per heavy atom. The summed E-state index contributed by atoms with van der Waals surface area (Å²) in [6, 6.07) is 32.8. The summed E-state index contributed by atoms with van der Waals surface area (Å²) in [4.78, 5) is 36.5. The Hall–Kier alpha value is -4.62. The van der Waals surface area contributed by atoms with Crippen LogP contribution in [0.4, 0.5) is 11.4 Å². The number of anilines is 2. The Balaban J connectivity index is 1.58. The van der Waals surface area contributed by atoms with E-state index < -0.39 is 23.5 Å². The molecule has 2 aliphatic rings. The number of carbonyl (C=O) groups excluding carboxylic acids is 2. The predicted octanol–water partition coefficient (Wildman–Crippen LogP) is 5.08. The maximum atomic E-state index is 14.7. The molecule has 0 N–H and O–H groups in total. The van der Waals surface area contributed by atoms with Crippen LogP contribution in [0.25, 0.3) is 0 Å². The minimum Gasteiger partial charge on any atom is -0.497 e. The zero-order valence-corrected chi connectivity index (χ0v) is 21.0. The lowest BCUT2D eigenvalue weighted by Gasteiger charge is -2.35. The number of hydrogen-bond donors (Lipinski definition) is 0. The highest BCUT2D eigenvalue weighted by molar-refractivity contribution is 6.28. The first kappa shape index (κ1) is 23.8. The molecule has 2 fully saturated rings. The molecule has 0 aromatic heterocycles. The van der Waals surface area contributed by atoms with E-state index in [0.717, 1.165) is 11.3 Å². The van der Waals surface area contributed by atoms with Crippen LogP contribution < -0.4 is 19.4 Å². The third-order valence-corrected chi connectivity index (χ3v) is 7.32. The van der Waals surface area contributed by atoms with E-state index in [1.165, 1.54) is 4.90 Å². The summed E-state index contributed by atoms with van der Waals surface area (Å²) in [5, 5.41) is 1.71. The summed E-state index contributed by atoms with van der Waals surface area (Å²) in [6.07, 6.45) is -1.08. The number of hydroxylamine groups is 1. The second kappa shape index (κ2) is 9.36. The number of ether oxygens (including phenoxy) is 2. The van der Waals surface area contributed by atoms with Gasteiger partial charge in [0, 0.05) is 0 Å². The maximum Gasteiger partial charge on any atom is 0.267 e. The molecule has 2 saturated heterocycles. The fraction of sp³-hybridized carbons (Fsp3) is 0.161. The van der Waals surface area contributed by atoms with Crippen LogP contribution in [0.3, 0.4) is 0 Å². The van der Waals surface area contributed by atoms with E-state index in [1.54, 1.807) is 43.5 Å². The zero-order valence-electron chi connectivity index (χ0n) is 21.0. The minimum absolute atomic E-state index is 0.344. The molecule has 7 heteroatoms. The normalized spacial score (nSPS) is 22.5. The highest BCUT2D eigenvalue weighted by Crippen LogP contribution is 2.57. The lowest BCUT2D eigenvalue weighted by molar-refractivity contribution is -0.126. The second-order valence-electron chi connectivity index (χ2n) is 9.23. The Morgan fingerprint density at radius 1 is 0.684 bits per heavy atom. The van der Waals surface area contributed by atoms with E-state index in [1.807, 2.05) is 84.9 Å². The average molecular weight is 507 g/mol. The van der Waals surface area contributed by atoms with Crippen LogP contribution in [-0.4, -0.2) is 32.1 Å². The molecule has 190 valence electrons.